The van der Waals surface area contributed by atoms with Crippen LogP contribution < -0.4 is 0 Å². The van der Waals surface area contributed by atoms with E-state index in [-0.39, 0.29) is 36.0 Å². The van der Waals surface area contributed by atoms with Gasteiger partial charge in [0, 0.05) is 17.9 Å². The van der Waals surface area contributed by atoms with Crippen LogP contribution in [0, 0.1) is 5.92 Å². The van der Waals surface area contributed by atoms with Crippen molar-refractivity contribution in [3.05, 3.63) is 35.4 Å². The summed E-state index contributed by atoms with van der Waals surface area (Å²) in [5, 5.41) is 9.34. The number of morpholine rings is 1. The molecule has 0 radical (unpaired) electrons. The summed E-state index contributed by atoms with van der Waals surface area (Å²) in [6, 6.07) is 8.75. The highest BCUT2D eigenvalue weighted by Gasteiger charge is 2.61. The molecule has 23 heavy (non-hydrogen) atoms. The number of benzene rings is 1. The van der Waals surface area contributed by atoms with Gasteiger partial charge >= 0.3 is 0 Å². The molecule has 4 unspecified atom stereocenters. The van der Waals surface area contributed by atoms with Gasteiger partial charge in [-0.05, 0) is 43.7 Å². The molecule has 2 aliphatic carbocycles. The van der Waals surface area contributed by atoms with Crippen LogP contribution in [0.2, 0.25) is 0 Å². The Morgan fingerprint density at radius 2 is 2.26 bits per heavy atom. The van der Waals surface area contributed by atoms with Crippen LogP contribution in [0.25, 0.3) is 0 Å². The second-order valence-corrected chi connectivity index (χ2v) is 7.40. The smallest absolute Gasteiger partial charge is 0.227 e. The lowest BCUT2D eigenvalue weighted by Gasteiger charge is -2.38. The van der Waals surface area contributed by atoms with Crippen molar-refractivity contribution in [2.24, 2.45) is 5.92 Å². The van der Waals surface area contributed by atoms with Crippen LogP contribution in [0.15, 0.2) is 24.3 Å². The van der Waals surface area contributed by atoms with E-state index in [1.54, 1.807) is 0 Å². The predicted octanol–water partition coefficient (Wildman–Crippen LogP) is 1.89. The fourth-order valence-electron chi connectivity index (χ4n) is 4.59. The molecule has 1 spiro atoms. The van der Waals surface area contributed by atoms with Crippen LogP contribution in [-0.4, -0.2) is 47.8 Å². The second kappa shape index (κ2) is 5.60. The number of amides is 1. The van der Waals surface area contributed by atoms with Crippen LogP contribution in [0.5, 0.6) is 0 Å². The summed E-state index contributed by atoms with van der Waals surface area (Å²) in [6.45, 7) is 3.06. The summed E-state index contributed by atoms with van der Waals surface area (Å²) in [7, 11) is 0. The zero-order valence-corrected chi connectivity index (χ0v) is 13.7. The first kappa shape index (κ1) is 15.2. The average molecular weight is 315 g/mol. The number of aliphatic hydroxyl groups is 1. The van der Waals surface area contributed by atoms with E-state index in [4.69, 9.17) is 4.74 Å². The molecule has 124 valence electrons. The molecule has 1 N–H and O–H groups in total. The van der Waals surface area contributed by atoms with Crippen molar-refractivity contribution in [1.82, 2.24) is 4.90 Å². The first-order valence-corrected chi connectivity index (χ1v) is 8.77. The van der Waals surface area contributed by atoms with Crippen LogP contribution in [0.3, 0.4) is 0 Å². The van der Waals surface area contributed by atoms with Gasteiger partial charge in [0.05, 0.1) is 25.4 Å². The number of hydrogen-bond donors (Lipinski definition) is 1. The molecule has 4 nitrogen and oxygen atoms in total. The van der Waals surface area contributed by atoms with Crippen molar-refractivity contribution in [2.75, 3.05) is 19.8 Å². The monoisotopic (exact) mass is 315 g/mol. The number of carbonyl (C=O) groups is 1. The molecule has 1 heterocycles. The Morgan fingerprint density at radius 1 is 1.43 bits per heavy atom. The highest BCUT2D eigenvalue weighted by Crippen LogP contribution is 2.61. The van der Waals surface area contributed by atoms with Crippen LogP contribution in [0.4, 0.5) is 0 Å². The molecule has 1 amide bonds. The molecule has 4 heteroatoms. The minimum Gasteiger partial charge on any atom is -0.394 e. The number of fused-ring (bicyclic) bond motifs is 2. The van der Waals surface area contributed by atoms with Crippen molar-refractivity contribution in [1.29, 1.82) is 0 Å². The van der Waals surface area contributed by atoms with Gasteiger partial charge in [0.1, 0.15) is 0 Å². The lowest BCUT2D eigenvalue weighted by Crippen LogP contribution is -2.53. The third-order valence-electron chi connectivity index (χ3n) is 5.99. The standard InChI is InChI=1S/C19H25NO3/c1-13-12-23-15(11-21)10-20(13)18(22)17-9-19(17)8-4-6-14-5-2-3-7-16(14)19/h2-3,5,7,13,15,17,21H,4,6,8-12H2,1H3. The van der Waals surface area contributed by atoms with Crippen molar-refractivity contribution in [3.8, 4) is 0 Å². The summed E-state index contributed by atoms with van der Waals surface area (Å²) in [4.78, 5) is 15.0. The summed E-state index contributed by atoms with van der Waals surface area (Å²) >= 11 is 0. The molecule has 4 atom stereocenters. The Morgan fingerprint density at radius 3 is 3.09 bits per heavy atom. The number of aryl methyl sites for hydroxylation is 1. The van der Waals surface area contributed by atoms with Gasteiger partial charge in [0.15, 0.2) is 0 Å². The van der Waals surface area contributed by atoms with E-state index in [0.717, 1.165) is 19.3 Å². The molecule has 1 aromatic rings. The van der Waals surface area contributed by atoms with Crippen LogP contribution in [-0.2, 0) is 21.4 Å². The van der Waals surface area contributed by atoms with E-state index in [1.165, 1.54) is 17.5 Å². The predicted molar refractivity (Wildman–Crippen MR) is 87.2 cm³/mol. The van der Waals surface area contributed by atoms with Gasteiger partial charge in [0.2, 0.25) is 5.91 Å². The van der Waals surface area contributed by atoms with Gasteiger partial charge in [-0.2, -0.15) is 0 Å². The maximum Gasteiger partial charge on any atom is 0.227 e. The SMILES string of the molecule is CC1COC(CO)CN1C(=O)C1CC12CCCc1ccccc12. The lowest BCUT2D eigenvalue weighted by atomic mass is 9.78. The average Bonchev–Trinajstić information content (AvgIpc) is 3.30. The Hall–Kier alpha value is -1.39. The fraction of sp³-hybridized carbons (Fsp3) is 0.632. The number of aliphatic hydroxyl groups excluding tert-OH is 1. The third-order valence-corrected chi connectivity index (χ3v) is 5.99. The molecule has 0 bridgehead atoms. The highest BCUT2D eigenvalue weighted by molar-refractivity contribution is 5.85. The van der Waals surface area contributed by atoms with Crippen molar-refractivity contribution in [3.63, 3.8) is 0 Å². The maximum atomic E-state index is 13.1. The number of rotatable bonds is 2. The Kier molecular flexibility index (Phi) is 3.69. The van der Waals surface area contributed by atoms with Crippen molar-refractivity contribution in [2.45, 2.75) is 50.2 Å². The molecule has 1 saturated heterocycles. The summed E-state index contributed by atoms with van der Waals surface area (Å²) in [5.74, 6) is 0.375. The number of ether oxygens (including phenoxy) is 1. The molecule has 3 aliphatic rings. The van der Waals surface area contributed by atoms with E-state index in [0.29, 0.717) is 13.2 Å². The lowest BCUT2D eigenvalue weighted by molar-refractivity contribution is -0.148. The zero-order chi connectivity index (χ0) is 16.0. The van der Waals surface area contributed by atoms with E-state index < -0.39 is 0 Å². The number of nitrogens with zero attached hydrogens (tertiary/aromatic N) is 1. The third kappa shape index (κ3) is 2.39. The van der Waals surface area contributed by atoms with Gasteiger partial charge in [-0.15, -0.1) is 0 Å². The fourth-order valence-corrected chi connectivity index (χ4v) is 4.59. The van der Waals surface area contributed by atoms with E-state index in [2.05, 4.69) is 24.3 Å². The Labute approximate surface area is 137 Å². The van der Waals surface area contributed by atoms with Crippen LogP contribution in [0.1, 0.15) is 37.3 Å². The largest absolute Gasteiger partial charge is 0.394 e. The molecule has 2 fully saturated rings. The first-order valence-electron chi connectivity index (χ1n) is 8.77. The van der Waals surface area contributed by atoms with Crippen molar-refractivity contribution < 1.29 is 14.6 Å². The summed E-state index contributed by atoms with van der Waals surface area (Å²) in [6.07, 6.45) is 4.20. The minimum atomic E-state index is -0.233. The van der Waals surface area contributed by atoms with E-state index in [9.17, 15) is 9.90 Å². The molecule has 4 rings (SSSR count). The topological polar surface area (TPSA) is 49.8 Å². The highest BCUT2D eigenvalue weighted by atomic mass is 16.5. The molecular formula is C19H25NO3. The van der Waals surface area contributed by atoms with E-state index >= 15 is 0 Å². The number of carbonyl (C=O) groups excluding carboxylic acids is 1. The normalized spacial score (nSPS) is 35.9. The molecule has 0 aromatic heterocycles. The molecule has 1 aromatic carbocycles. The maximum absolute atomic E-state index is 13.1. The molecular weight excluding hydrogens is 290 g/mol. The second-order valence-electron chi connectivity index (χ2n) is 7.40. The van der Waals surface area contributed by atoms with Gasteiger partial charge in [0.25, 0.3) is 0 Å². The quantitative estimate of drug-likeness (QED) is 0.907. The van der Waals surface area contributed by atoms with Crippen molar-refractivity contribution >= 4 is 5.91 Å². The molecule has 1 saturated carbocycles. The van der Waals surface area contributed by atoms with Gasteiger partial charge in [-0.3, -0.25) is 4.79 Å². The minimum absolute atomic E-state index is 0.0187. The van der Waals surface area contributed by atoms with E-state index in [1.807, 2.05) is 11.8 Å². The van der Waals surface area contributed by atoms with Gasteiger partial charge < -0.3 is 14.7 Å². The zero-order valence-electron chi connectivity index (χ0n) is 13.7. The first-order chi connectivity index (χ1) is 11.2. The number of hydrogen-bond acceptors (Lipinski definition) is 3. The van der Waals surface area contributed by atoms with Gasteiger partial charge in [-0.1, -0.05) is 24.3 Å². The Balaban J connectivity index is 1.56. The summed E-state index contributed by atoms with van der Waals surface area (Å²) in [5.41, 5.74) is 2.92. The summed E-state index contributed by atoms with van der Waals surface area (Å²) < 4.78 is 5.57. The Bertz CT molecular complexity index is 616. The molecule has 1 aliphatic heterocycles. The van der Waals surface area contributed by atoms with Crippen LogP contribution >= 0.6 is 0 Å². The van der Waals surface area contributed by atoms with Gasteiger partial charge in [-0.25, -0.2) is 0 Å².